The maximum absolute atomic E-state index is 13.5. The third kappa shape index (κ3) is 4.69. The Balaban J connectivity index is 1.40. The highest BCUT2D eigenvalue weighted by Crippen LogP contribution is 2.31. The van der Waals surface area contributed by atoms with Gasteiger partial charge in [-0.1, -0.05) is 33.3 Å². The fourth-order valence-electron chi connectivity index (χ4n) is 4.47. The summed E-state index contributed by atoms with van der Waals surface area (Å²) >= 11 is 0. The number of hydrogen-bond acceptors (Lipinski definition) is 2. The lowest BCUT2D eigenvalue weighted by Crippen LogP contribution is -2.27. The standard InChI is InChI=1S/C26H31FN4O/c1-4-18(17(2)3)9-11-28-26(32)10-12-31-25-8-5-19(13-20(25)15-30-31)23-16-29-24-14-21(27)6-7-22(23)24/h5-8,13-18,29H,4,9-12H2,1-3H3,(H,28,32). The molecule has 4 rings (SSSR count). The minimum atomic E-state index is -0.253. The number of amides is 1. The molecule has 5 nitrogen and oxygen atoms in total. The Morgan fingerprint density at radius 3 is 2.84 bits per heavy atom. The first kappa shape index (κ1) is 22.1. The van der Waals surface area contributed by atoms with E-state index in [4.69, 9.17) is 0 Å². The lowest BCUT2D eigenvalue weighted by Gasteiger charge is -2.18. The van der Waals surface area contributed by atoms with Crippen molar-refractivity contribution in [2.45, 2.75) is 46.6 Å². The van der Waals surface area contributed by atoms with E-state index in [1.807, 2.05) is 29.2 Å². The summed E-state index contributed by atoms with van der Waals surface area (Å²) in [5, 5.41) is 9.54. The van der Waals surface area contributed by atoms with Crippen LogP contribution in [0.15, 0.2) is 48.8 Å². The summed E-state index contributed by atoms with van der Waals surface area (Å²) in [6, 6.07) is 10.9. The molecule has 1 atom stereocenters. The second-order valence-corrected chi connectivity index (χ2v) is 8.83. The third-order valence-electron chi connectivity index (χ3n) is 6.45. The van der Waals surface area contributed by atoms with Gasteiger partial charge in [-0.15, -0.1) is 0 Å². The number of halogens is 1. The van der Waals surface area contributed by atoms with Gasteiger partial charge in [-0.2, -0.15) is 5.10 Å². The molecule has 2 aromatic carbocycles. The first-order valence-electron chi connectivity index (χ1n) is 11.5. The average Bonchev–Trinajstić information content (AvgIpc) is 3.38. The van der Waals surface area contributed by atoms with E-state index >= 15 is 0 Å². The number of nitrogens with zero attached hydrogens (tertiary/aromatic N) is 2. The predicted molar refractivity (Wildman–Crippen MR) is 128 cm³/mol. The van der Waals surface area contributed by atoms with Gasteiger partial charge >= 0.3 is 0 Å². The first-order valence-corrected chi connectivity index (χ1v) is 11.5. The Labute approximate surface area is 188 Å². The molecule has 0 radical (unpaired) electrons. The molecule has 2 heterocycles. The van der Waals surface area contributed by atoms with Crippen molar-refractivity contribution < 1.29 is 9.18 Å². The Morgan fingerprint density at radius 1 is 1.22 bits per heavy atom. The Morgan fingerprint density at radius 2 is 2.06 bits per heavy atom. The summed E-state index contributed by atoms with van der Waals surface area (Å²) in [5.74, 6) is 1.10. The van der Waals surface area contributed by atoms with Gasteiger partial charge in [-0.25, -0.2) is 4.39 Å². The summed E-state index contributed by atoms with van der Waals surface area (Å²) in [5.41, 5.74) is 3.85. The van der Waals surface area contributed by atoms with Crippen LogP contribution in [0.5, 0.6) is 0 Å². The van der Waals surface area contributed by atoms with Crippen LogP contribution in [0.3, 0.4) is 0 Å². The van der Waals surface area contributed by atoms with Crippen molar-refractivity contribution in [3.8, 4) is 11.1 Å². The number of rotatable bonds is 9. The SMILES string of the molecule is CCC(CCNC(=O)CCn1ncc2cc(-c3c[nH]c4cc(F)ccc34)ccc21)C(C)C. The molecule has 0 aliphatic rings. The number of aromatic amines is 1. The van der Waals surface area contributed by atoms with Crippen LogP contribution in [-0.4, -0.2) is 27.2 Å². The molecule has 0 bridgehead atoms. The Kier molecular flexibility index (Phi) is 6.58. The lowest BCUT2D eigenvalue weighted by molar-refractivity contribution is -0.121. The van der Waals surface area contributed by atoms with E-state index in [1.165, 1.54) is 12.1 Å². The van der Waals surface area contributed by atoms with Gasteiger partial charge in [-0.3, -0.25) is 9.48 Å². The summed E-state index contributed by atoms with van der Waals surface area (Å²) in [7, 11) is 0. The van der Waals surface area contributed by atoms with E-state index in [0.29, 0.717) is 24.8 Å². The van der Waals surface area contributed by atoms with Crippen molar-refractivity contribution in [1.29, 1.82) is 0 Å². The summed E-state index contributed by atoms with van der Waals surface area (Å²) in [6.07, 6.45) is 6.31. The van der Waals surface area contributed by atoms with Crippen molar-refractivity contribution in [2.75, 3.05) is 6.54 Å². The van der Waals surface area contributed by atoms with E-state index < -0.39 is 0 Å². The maximum atomic E-state index is 13.5. The van der Waals surface area contributed by atoms with Gasteiger partial charge in [0.25, 0.3) is 0 Å². The highest BCUT2D eigenvalue weighted by Gasteiger charge is 2.13. The maximum Gasteiger partial charge on any atom is 0.221 e. The van der Waals surface area contributed by atoms with Crippen LogP contribution in [-0.2, 0) is 11.3 Å². The molecule has 4 aromatic rings. The number of carbonyl (C=O) groups excluding carboxylic acids is 1. The summed E-state index contributed by atoms with van der Waals surface area (Å²) < 4.78 is 15.4. The molecule has 168 valence electrons. The quantitative estimate of drug-likeness (QED) is 0.344. The van der Waals surface area contributed by atoms with Crippen LogP contribution in [0.4, 0.5) is 4.39 Å². The second kappa shape index (κ2) is 9.55. The van der Waals surface area contributed by atoms with Gasteiger partial charge in [0.1, 0.15) is 5.82 Å². The summed E-state index contributed by atoms with van der Waals surface area (Å²) in [6.45, 7) is 7.96. The molecule has 0 spiro atoms. The molecular formula is C26H31FN4O. The molecule has 0 saturated carbocycles. The van der Waals surface area contributed by atoms with Crippen molar-refractivity contribution in [1.82, 2.24) is 20.1 Å². The van der Waals surface area contributed by atoms with Crippen molar-refractivity contribution in [3.63, 3.8) is 0 Å². The zero-order chi connectivity index (χ0) is 22.7. The monoisotopic (exact) mass is 434 g/mol. The van der Waals surface area contributed by atoms with Gasteiger partial charge < -0.3 is 10.3 Å². The Hall–Kier alpha value is -3.15. The zero-order valence-corrected chi connectivity index (χ0v) is 19.0. The topological polar surface area (TPSA) is 62.7 Å². The number of benzene rings is 2. The fourth-order valence-corrected chi connectivity index (χ4v) is 4.47. The molecule has 0 saturated heterocycles. The van der Waals surface area contributed by atoms with Crippen LogP contribution < -0.4 is 5.32 Å². The van der Waals surface area contributed by atoms with Crippen molar-refractivity contribution in [2.24, 2.45) is 11.8 Å². The van der Waals surface area contributed by atoms with Gasteiger partial charge in [-0.05, 0) is 54.2 Å². The third-order valence-corrected chi connectivity index (χ3v) is 6.45. The smallest absolute Gasteiger partial charge is 0.221 e. The van der Waals surface area contributed by atoms with Crippen LogP contribution in [0.2, 0.25) is 0 Å². The Bertz CT molecular complexity index is 1220. The number of hydrogen-bond donors (Lipinski definition) is 2. The minimum Gasteiger partial charge on any atom is -0.360 e. The average molecular weight is 435 g/mol. The van der Waals surface area contributed by atoms with E-state index in [9.17, 15) is 9.18 Å². The number of H-pyrrole nitrogens is 1. The van der Waals surface area contributed by atoms with Crippen LogP contribution >= 0.6 is 0 Å². The normalized spacial score (nSPS) is 12.7. The fraction of sp³-hybridized carbons (Fsp3) is 0.385. The summed E-state index contributed by atoms with van der Waals surface area (Å²) in [4.78, 5) is 15.4. The van der Waals surface area contributed by atoms with Gasteiger partial charge in [0, 0.05) is 41.0 Å². The van der Waals surface area contributed by atoms with Gasteiger partial charge in [0.15, 0.2) is 0 Å². The molecule has 6 heteroatoms. The molecular weight excluding hydrogens is 403 g/mol. The number of nitrogens with one attached hydrogen (secondary N) is 2. The lowest BCUT2D eigenvalue weighted by atomic mass is 9.90. The molecule has 2 aromatic heterocycles. The van der Waals surface area contributed by atoms with Gasteiger partial charge in [0.05, 0.1) is 18.3 Å². The highest BCUT2D eigenvalue weighted by atomic mass is 19.1. The number of carbonyl (C=O) groups is 1. The molecule has 1 unspecified atom stereocenters. The number of aryl methyl sites for hydroxylation is 1. The molecule has 0 fully saturated rings. The van der Waals surface area contributed by atoms with Crippen LogP contribution in [0.1, 0.15) is 40.0 Å². The molecule has 0 aliphatic heterocycles. The molecule has 1 amide bonds. The molecule has 2 N–H and O–H groups in total. The van der Waals surface area contributed by atoms with E-state index in [0.717, 1.165) is 52.3 Å². The predicted octanol–water partition coefficient (Wildman–Crippen LogP) is 5.90. The molecule has 32 heavy (non-hydrogen) atoms. The number of aromatic nitrogens is 3. The van der Waals surface area contributed by atoms with E-state index in [1.54, 1.807) is 6.07 Å². The first-order chi connectivity index (χ1) is 15.5. The number of fused-ring (bicyclic) bond motifs is 2. The second-order valence-electron chi connectivity index (χ2n) is 8.83. The van der Waals surface area contributed by atoms with Gasteiger partial charge in [0.2, 0.25) is 5.91 Å². The van der Waals surface area contributed by atoms with Crippen molar-refractivity contribution >= 4 is 27.7 Å². The largest absolute Gasteiger partial charge is 0.360 e. The van der Waals surface area contributed by atoms with E-state index in [2.05, 4.69) is 42.2 Å². The zero-order valence-electron chi connectivity index (χ0n) is 19.0. The van der Waals surface area contributed by atoms with Crippen LogP contribution in [0.25, 0.3) is 32.9 Å². The minimum absolute atomic E-state index is 0.0647. The van der Waals surface area contributed by atoms with E-state index in [-0.39, 0.29) is 11.7 Å². The van der Waals surface area contributed by atoms with Crippen LogP contribution in [0, 0.1) is 17.7 Å². The highest BCUT2D eigenvalue weighted by molar-refractivity contribution is 5.97. The van der Waals surface area contributed by atoms with Crippen molar-refractivity contribution in [3.05, 3.63) is 54.6 Å². The molecule has 0 aliphatic carbocycles.